The fourth-order valence-electron chi connectivity index (χ4n) is 1.72. The number of nitro groups is 1. The van der Waals surface area contributed by atoms with Crippen LogP contribution in [0.25, 0.3) is 0 Å². The summed E-state index contributed by atoms with van der Waals surface area (Å²) in [5, 5.41) is 13.4. The zero-order valence-electron chi connectivity index (χ0n) is 11.1. The molecule has 0 aliphatic carbocycles. The minimum atomic E-state index is -0.505. The Morgan fingerprint density at radius 1 is 1.29 bits per heavy atom. The predicted octanol–water partition coefficient (Wildman–Crippen LogP) is 3.50. The molecule has 0 radical (unpaired) electrons. The molecular weight excluding hydrogens is 338 g/mol. The van der Waals surface area contributed by atoms with Gasteiger partial charge in [-0.25, -0.2) is 0 Å². The number of aryl methyl sites for hydroxylation is 1. The molecule has 0 aliphatic heterocycles. The van der Waals surface area contributed by atoms with Gasteiger partial charge in [0.05, 0.1) is 10.6 Å². The molecule has 0 saturated heterocycles. The van der Waals surface area contributed by atoms with E-state index in [1.54, 1.807) is 31.2 Å². The van der Waals surface area contributed by atoms with Crippen molar-refractivity contribution in [2.24, 2.45) is 0 Å². The third kappa shape index (κ3) is 3.38. The summed E-state index contributed by atoms with van der Waals surface area (Å²) in [6.45, 7) is 1.76. The fourth-order valence-corrected chi connectivity index (χ4v) is 2.10. The van der Waals surface area contributed by atoms with E-state index in [9.17, 15) is 14.9 Å². The van der Waals surface area contributed by atoms with Gasteiger partial charge >= 0.3 is 0 Å². The van der Waals surface area contributed by atoms with Crippen molar-refractivity contribution < 1.29 is 9.72 Å². The van der Waals surface area contributed by atoms with Gasteiger partial charge < -0.3 is 11.1 Å². The van der Waals surface area contributed by atoms with Crippen molar-refractivity contribution in [3.8, 4) is 0 Å². The number of nitrogens with zero attached hydrogens (tertiary/aromatic N) is 1. The second kappa shape index (κ2) is 5.92. The van der Waals surface area contributed by atoms with Crippen molar-refractivity contribution in [1.29, 1.82) is 0 Å². The van der Waals surface area contributed by atoms with Crippen molar-refractivity contribution in [3.63, 3.8) is 0 Å². The molecule has 2 aromatic carbocycles. The summed E-state index contributed by atoms with van der Waals surface area (Å²) in [7, 11) is 0. The van der Waals surface area contributed by atoms with Crippen LogP contribution in [0.2, 0.25) is 0 Å². The van der Waals surface area contributed by atoms with Gasteiger partial charge in [-0.2, -0.15) is 0 Å². The lowest BCUT2D eigenvalue weighted by Gasteiger charge is -2.09. The lowest BCUT2D eigenvalue weighted by atomic mass is 10.1. The SMILES string of the molecule is Cc1ccc([N+](=O)[O-])cc1NC(=O)c1ccc(N)c(Br)c1. The lowest BCUT2D eigenvalue weighted by molar-refractivity contribution is -0.384. The zero-order valence-corrected chi connectivity index (χ0v) is 12.7. The summed E-state index contributed by atoms with van der Waals surface area (Å²) >= 11 is 3.25. The van der Waals surface area contributed by atoms with Crippen molar-refractivity contribution in [2.75, 3.05) is 11.1 Å². The number of nitro benzene ring substituents is 1. The number of amides is 1. The van der Waals surface area contributed by atoms with E-state index in [4.69, 9.17) is 5.73 Å². The third-order valence-corrected chi connectivity index (χ3v) is 3.63. The first-order valence-corrected chi connectivity index (χ1v) is 6.79. The topological polar surface area (TPSA) is 98.3 Å². The molecule has 2 rings (SSSR count). The quantitative estimate of drug-likeness (QED) is 0.503. The zero-order chi connectivity index (χ0) is 15.6. The number of carbonyl (C=O) groups is 1. The second-order valence-electron chi connectivity index (χ2n) is 4.45. The molecule has 0 unspecified atom stereocenters. The second-order valence-corrected chi connectivity index (χ2v) is 5.30. The van der Waals surface area contributed by atoms with E-state index in [0.29, 0.717) is 21.4 Å². The van der Waals surface area contributed by atoms with Crippen LogP contribution in [-0.4, -0.2) is 10.8 Å². The number of hydrogen-bond acceptors (Lipinski definition) is 4. The lowest BCUT2D eigenvalue weighted by Crippen LogP contribution is -2.13. The Hall–Kier alpha value is -2.41. The summed E-state index contributed by atoms with van der Waals surface area (Å²) in [6, 6.07) is 9.11. The summed E-state index contributed by atoms with van der Waals surface area (Å²) in [5.74, 6) is -0.362. The number of nitrogens with one attached hydrogen (secondary N) is 1. The van der Waals surface area contributed by atoms with Crippen molar-refractivity contribution in [1.82, 2.24) is 0 Å². The van der Waals surface area contributed by atoms with Crippen molar-refractivity contribution in [2.45, 2.75) is 6.92 Å². The van der Waals surface area contributed by atoms with Gasteiger partial charge in [0.15, 0.2) is 0 Å². The average molecular weight is 350 g/mol. The Morgan fingerprint density at radius 3 is 2.62 bits per heavy atom. The molecule has 0 spiro atoms. The van der Waals surface area contributed by atoms with Gasteiger partial charge in [-0.05, 0) is 46.6 Å². The molecule has 3 N–H and O–H groups in total. The normalized spacial score (nSPS) is 10.2. The van der Waals surface area contributed by atoms with Crippen LogP contribution in [0.1, 0.15) is 15.9 Å². The Kier molecular flexibility index (Phi) is 4.23. The first-order chi connectivity index (χ1) is 9.88. The number of nitrogen functional groups attached to an aromatic ring is 1. The van der Waals surface area contributed by atoms with Crippen LogP contribution in [0.4, 0.5) is 17.1 Å². The number of non-ortho nitro benzene ring substituents is 1. The Labute approximate surface area is 129 Å². The van der Waals surface area contributed by atoms with Crippen LogP contribution in [0, 0.1) is 17.0 Å². The van der Waals surface area contributed by atoms with Crippen molar-refractivity contribution in [3.05, 3.63) is 62.1 Å². The summed E-state index contributed by atoms with van der Waals surface area (Å²) in [5.41, 5.74) is 7.67. The fraction of sp³-hybridized carbons (Fsp3) is 0.0714. The molecule has 0 heterocycles. The predicted molar refractivity (Wildman–Crippen MR) is 84.3 cm³/mol. The van der Waals surface area contributed by atoms with E-state index in [1.165, 1.54) is 12.1 Å². The third-order valence-electron chi connectivity index (χ3n) is 2.94. The number of halogens is 1. The maximum atomic E-state index is 12.2. The molecule has 0 aromatic heterocycles. The number of hydrogen-bond donors (Lipinski definition) is 2. The van der Waals surface area contributed by atoms with Gasteiger partial charge in [0.25, 0.3) is 11.6 Å². The summed E-state index contributed by atoms with van der Waals surface area (Å²) in [4.78, 5) is 22.4. The number of nitrogens with two attached hydrogens (primary N) is 1. The maximum absolute atomic E-state index is 12.2. The summed E-state index contributed by atoms with van der Waals surface area (Å²) in [6.07, 6.45) is 0. The van der Waals surface area contributed by atoms with E-state index >= 15 is 0 Å². The van der Waals surface area contributed by atoms with E-state index in [0.717, 1.165) is 5.56 Å². The van der Waals surface area contributed by atoms with Crippen LogP contribution in [-0.2, 0) is 0 Å². The van der Waals surface area contributed by atoms with E-state index < -0.39 is 4.92 Å². The minimum Gasteiger partial charge on any atom is -0.398 e. The number of carbonyl (C=O) groups excluding carboxylic acids is 1. The Balaban J connectivity index is 2.28. The molecule has 0 saturated carbocycles. The van der Waals surface area contributed by atoms with Crippen LogP contribution in [0.3, 0.4) is 0 Å². The van der Waals surface area contributed by atoms with Crippen LogP contribution in [0.15, 0.2) is 40.9 Å². The first kappa shape index (κ1) is 15.0. The standard InChI is InChI=1S/C14H12BrN3O3/c1-8-2-4-10(18(20)21)7-13(8)17-14(19)9-3-5-12(16)11(15)6-9/h2-7H,16H2,1H3,(H,17,19). The number of rotatable bonds is 3. The smallest absolute Gasteiger partial charge is 0.271 e. The molecule has 6 nitrogen and oxygen atoms in total. The number of benzene rings is 2. The highest BCUT2D eigenvalue weighted by atomic mass is 79.9. The molecule has 108 valence electrons. The molecule has 0 bridgehead atoms. The van der Waals surface area contributed by atoms with Gasteiger partial charge in [-0.3, -0.25) is 14.9 Å². The highest BCUT2D eigenvalue weighted by Crippen LogP contribution is 2.24. The van der Waals surface area contributed by atoms with Crippen LogP contribution < -0.4 is 11.1 Å². The van der Waals surface area contributed by atoms with Gasteiger partial charge in [-0.15, -0.1) is 0 Å². The van der Waals surface area contributed by atoms with Gasteiger partial charge in [-0.1, -0.05) is 6.07 Å². The molecule has 21 heavy (non-hydrogen) atoms. The molecule has 0 aliphatic rings. The largest absolute Gasteiger partial charge is 0.398 e. The minimum absolute atomic E-state index is 0.0746. The highest BCUT2D eigenvalue weighted by molar-refractivity contribution is 9.10. The molecule has 1 amide bonds. The van der Waals surface area contributed by atoms with E-state index in [1.807, 2.05) is 0 Å². The highest BCUT2D eigenvalue weighted by Gasteiger charge is 2.13. The van der Waals surface area contributed by atoms with E-state index in [-0.39, 0.29) is 11.6 Å². The maximum Gasteiger partial charge on any atom is 0.271 e. The van der Waals surface area contributed by atoms with Crippen LogP contribution >= 0.6 is 15.9 Å². The Bertz CT molecular complexity index is 731. The van der Waals surface area contributed by atoms with Crippen molar-refractivity contribution >= 4 is 38.9 Å². The Morgan fingerprint density at radius 2 is 2.00 bits per heavy atom. The molecule has 0 fully saturated rings. The first-order valence-electron chi connectivity index (χ1n) is 6.00. The monoisotopic (exact) mass is 349 g/mol. The van der Waals surface area contributed by atoms with Gasteiger partial charge in [0.1, 0.15) is 0 Å². The average Bonchev–Trinajstić information content (AvgIpc) is 2.43. The molecule has 0 atom stereocenters. The molecule has 2 aromatic rings. The number of anilines is 2. The molecule has 7 heteroatoms. The van der Waals surface area contributed by atoms with E-state index in [2.05, 4.69) is 21.2 Å². The van der Waals surface area contributed by atoms with Crippen LogP contribution in [0.5, 0.6) is 0 Å². The van der Waals surface area contributed by atoms with Gasteiger partial charge in [0.2, 0.25) is 0 Å². The van der Waals surface area contributed by atoms with Gasteiger partial charge in [0, 0.05) is 27.9 Å². The summed E-state index contributed by atoms with van der Waals surface area (Å²) < 4.78 is 0.617. The molecular formula is C14H12BrN3O3.